The lowest BCUT2D eigenvalue weighted by atomic mass is 10.0. The maximum Gasteiger partial charge on any atom is 0.0706 e. The van der Waals surface area contributed by atoms with Gasteiger partial charge in [0, 0.05) is 19.6 Å². The molecule has 2 heterocycles. The SMILES string of the molecule is CC(C)=CCN1CC2COC(C2)C1. The number of rotatable bonds is 2. The Morgan fingerprint density at radius 1 is 1.46 bits per heavy atom. The normalized spacial score (nSPS) is 33.4. The summed E-state index contributed by atoms with van der Waals surface area (Å²) >= 11 is 0. The quantitative estimate of drug-likeness (QED) is 0.601. The van der Waals surface area contributed by atoms with Crippen LogP contribution in [0.25, 0.3) is 0 Å². The van der Waals surface area contributed by atoms with E-state index in [1.54, 1.807) is 0 Å². The molecule has 2 saturated heterocycles. The molecule has 2 aliphatic heterocycles. The molecule has 0 aromatic carbocycles. The molecule has 2 rings (SSSR count). The second-order valence-corrected chi connectivity index (χ2v) is 4.56. The fourth-order valence-corrected chi connectivity index (χ4v) is 2.22. The second-order valence-electron chi connectivity index (χ2n) is 4.56. The van der Waals surface area contributed by atoms with E-state index in [-0.39, 0.29) is 0 Å². The third-order valence-electron chi connectivity index (χ3n) is 2.90. The van der Waals surface area contributed by atoms with E-state index in [1.165, 1.54) is 18.5 Å². The number of hydrogen-bond donors (Lipinski definition) is 0. The third-order valence-corrected chi connectivity index (χ3v) is 2.90. The summed E-state index contributed by atoms with van der Waals surface area (Å²) in [4.78, 5) is 2.51. The van der Waals surface area contributed by atoms with Crippen molar-refractivity contribution in [2.45, 2.75) is 26.4 Å². The Labute approximate surface area is 80.6 Å². The molecule has 2 nitrogen and oxygen atoms in total. The standard InChI is InChI=1S/C11H19NO/c1-9(2)3-4-12-6-10-5-11(7-12)13-8-10/h3,10-11H,4-8H2,1-2H3. The number of allylic oxidation sites excluding steroid dienone is 1. The highest BCUT2D eigenvalue weighted by Crippen LogP contribution is 2.26. The van der Waals surface area contributed by atoms with Crippen molar-refractivity contribution in [3.05, 3.63) is 11.6 Å². The summed E-state index contributed by atoms with van der Waals surface area (Å²) in [6.07, 6.45) is 4.14. The first-order valence-corrected chi connectivity index (χ1v) is 5.21. The van der Waals surface area contributed by atoms with Crippen LogP contribution in [-0.2, 0) is 4.74 Å². The zero-order chi connectivity index (χ0) is 9.26. The lowest BCUT2D eigenvalue weighted by molar-refractivity contribution is 0.0882. The summed E-state index contributed by atoms with van der Waals surface area (Å²) in [5, 5.41) is 0. The van der Waals surface area contributed by atoms with Crippen molar-refractivity contribution in [1.82, 2.24) is 4.90 Å². The van der Waals surface area contributed by atoms with Gasteiger partial charge in [0.25, 0.3) is 0 Å². The van der Waals surface area contributed by atoms with Crippen molar-refractivity contribution >= 4 is 0 Å². The summed E-state index contributed by atoms with van der Waals surface area (Å²) in [6.45, 7) is 8.80. The monoisotopic (exact) mass is 181 g/mol. The second kappa shape index (κ2) is 3.81. The Morgan fingerprint density at radius 2 is 2.31 bits per heavy atom. The van der Waals surface area contributed by atoms with Crippen LogP contribution in [-0.4, -0.2) is 37.2 Å². The summed E-state index contributed by atoms with van der Waals surface area (Å²) in [5.41, 5.74) is 1.42. The molecule has 2 atom stereocenters. The van der Waals surface area contributed by atoms with Crippen LogP contribution in [0.4, 0.5) is 0 Å². The van der Waals surface area contributed by atoms with E-state index < -0.39 is 0 Å². The fourth-order valence-electron chi connectivity index (χ4n) is 2.22. The van der Waals surface area contributed by atoms with E-state index in [2.05, 4.69) is 24.8 Å². The van der Waals surface area contributed by atoms with Gasteiger partial charge in [0.1, 0.15) is 0 Å². The number of ether oxygens (including phenoxy) is 1. The largest absolute Gasteiger partial charge is 0.377 e. The van der Waals surface area contributed by atoms with Gasteiger partial charge in [0.15, 0.2) is 0 Å². The first-order valence-electron chi connectivity index (χ1n) is 5.21. The average Bonchev–Trinajstić information content (AvgIpc) is 2.42. The molecule has 74 valence electrons. The van der Waals surface area contributed by atoms with Crippen LogP contribution in [0, 0.1) is 5.92 Å². The molecule has 2 unspecified atom stereocenters. The van der Waals surface area contributed by atoms with Crippen molar-refractivity contribution in [1.29, 1.82) is 0 Å². The van der Waals surface area contributed by atoms with Gasteiger partial charge in [-0.1, -0.05) is 11.6 Å². The number of piperidine rings is 1. The third kappa shape index (κ3) is 2.32. The van der Waals surface area contributed by atoms with Crippen LogP contribution < -0.4 is 0 Å². The van der Waals surface area contributed by atoms with E-state index in [9.17, 15) is 0 Å². The van der Waals surface area contributed by atoms with Gasteiger partial charge < -0.3 is 4.74 Å². The molecule has 0 aliphatic carbocycles. The maximum absolute atomic E-state index is 5.65. The average molecular weight is 181 g/mol. The molecule has 2 bridgehead atoms. The maximum atomic E-state index is 5.65. The van der Waals surface area contributed by atoms with Crippen molar-refractivity contribution in [2.75, 3.05) is 26.2 Å². The van der Waals surface area contributed by atoms with Crippen LogP contribution in [0.15, 0.2) is 11.6 Å². The molecule has 0 saturated carbocycles. The van der Waals surface area contributed by atoms with E-state index in [0.29, 0.717) is 6.10 Å². The molecule has 0 aromatic rings. The first kappa shape index (κ1) is 9.22. The van der Waals surface area contributed by atoms with Gasteiger partial charge in [0.2, 0.25) is 0 Å². The van der Waals surface area contributed by atoms with E-state index >= 15 is 0 Å². The molecule has 2 fully saturated rings. The van der Waals surface area contributed by atoms with Crippen molar-refractivity contribution in [3.8, 4) is 0 Å². The van der Waals surface area contributed by atoms with Gasteiger partial charge in [-0.25, -0.2) is 0 Å². The Morgan fingerprint density at radius 3 is 3.00 bits per heavy atom. The minimum atomic E-state index is 0.532. The summed E-state index contributed by atoms with van der Waals surface area (Å²) in [5.74, 6) is 0.810. The van der Waals surface area contributed by atoms with Crippen LogP contribution in [0.5, 0.6) is 0 Å². The molecule has 0 amide bonds. The zero-order valence-electron chi connectivity index (χ0n) is 8.62. The molecule has 2 heteroatoms. The van der Waals surface area contributed by atoms with Crippen molar-refractivity contribution < 1.29 is 4.74 Å². The van der Waals surface area contributed by atoms with Crippen LogP contribution in [0.1, 0.15) is 20.3 Å². The molecule has 2 aliphatic rings. The fraction of sp³-hybridized carbons (Fsp3) is 0.818. The first-order chi connectivity index (χ1) is 6.24. The Bertz CT molecular complexity index is 196. The zero-order valence-corrected chi connectivity index (χ0v) is 8.62. The predicted molar refractivity (Wildman–Crippen MR) is 53.7 cm³/mol. The number of fused-ring (bicyclic) bond motifs is 2. The van der Waals surface area contributed by atoms with Gasteiger partial charge in [-0.05, 0) is 26.2 Å². The number of hydrogen-bond acceptors (Lipinski definition) is 2. The Kier molecular flexibility index (Phi) is 2.70. The van der Waals surface area contributed by atoms with Crippen LogP contribution in [0.3, 0.4) is 0 Å². The highest BCUT2D eigenvalue weighted by Gasteiger charge is 2.32. The Hall–Kier alpha value is -0.340. The van der Waals surface area contributed by atoms with Gasteiger partial charge in [-0.3, -0.25) is 4.90 Å². The van der Waals surface area contributed by atoms with Gasteiger partial charge in [-0.15, -0.1) is 0 Å². The molecular formula is C11H19NO. The van der Waals surface area contributed by atoms with Crippen molar-refractivity contribution in [3.63, 3.8) is 0 Å². The summed E-state index contributed by atoms with van der Waals surface area (Å²) in [6, 6.07) is 0. The molecule has 0 N–H and O–H groups in total. The van der Waals surface area contributed by atoms with E-state index in [0.717, 1.165) is 25.6 Å². The number of likely N-dealkylation sites (tertiary alicyclic amines) is 1. The minimum Gasteiger partial charge on any atom is -0.377 e. The highest BCUT2D eigenvalue weighted by atomic mass is 16.5. The predicted octanol–water partition coefficient (Wildman–Crippen LogP) is 1.67. The lowest BCUT2D eigenvalue weighted by Crippen LogP contribution is -2.39. The minimum absolute atomic E-state index is 0.532. The molecular weight excluding hydrogens is 162 g/mol. The topological polar surface area (TPSA) is 12.5 Å². The number of nitrogens with zero attached hydrogens (tertiary/aromatic N) is 1. The van der Waals surface area contributed by atoms with Crippen LogP contribution in [0.2, 0.25) is 0 Å². The lowest BCUT2D eigenvalue weighted by Gasteiger charge is -2.29. The smallest absolute Gasteiger partial charge is 0.0706 e. The summed E-state index contributed by atoms with van der Waals surface area (Å²) < 4.78 is 5.65. The molecule has 13 heavy (non-hydrogen) atoms. The van der Waals surface area contributed by atoms with Gasteiger partial charge >= 0.3 is 0 Å². The Balaban J connectivity index is 1.85. The molecule has 0 spiro atoms. The van der Waals surface area contributed by atoms with E-state index in [1.807, 2.05) is 0 Å². The van der Waals surface area contributed by atoms with Gasteiger partial charge in [-0.2, -0.15) is 0 Å². The molecule has 0 radical (unpaired) electrons. The highest BCUT2D eigenvalue weighted by molar-refractivity contribution is 4.96. The van der Waals surface area contributed by atoms with Gasteiger partial charge in [0.05, 0.1) is 12.7 Å². The summed E-state index contributed by atoms with van der Waals surface area (Å²) in [7, 11) is 0. The van der Waals surface area contributed by atoms with E-state index in [4.69, 9.17) is 4.74 Å². The molecule has 0 aromatic heterocycles. The van der Waals surface area contributed by atoms with Crippen LogP contribution >= 0.6 is 0 Å². The van der Waals surface area contributed by atoms with Crippen molar-refractivity contribution in [2.24, 2.45) is 5.92 Å².